The van der Waals surface area contributed by atoms with Crippen LogP contribution in [0.5, 0.6) is 0 Å². The Morgan fingerprint density at radius 3 is 1.78 bits per heavy atom. The fourth-order valence-electron chi connectivity index (χ4n) is 3.60. The molecule has 0 amide bonds. The van der Waals surface area contributed by atoms with Crippen LogP contribution in [-0.2, 0) is 28.5 Å². The molecule has 0 aliphatic carbocycles. The number of aliphatic hydroxyl groups excluding tert-OH is 10. The number of aliphatic hydroxyl groups is 11. The Hall–Kier alpha value is -1.26. The zero-order valence-electron chi connectivity index (χ0n) is 18.7. The average Bonchev–Trinajstić information content (AvgIpc) is 2.88. The first-order valence-electron chi connectivity index (χ1n) is 10.8. The van der Waals surface area contributed by atoms with E-state index in [1.807, 2.05) is 0 Å². The summed E-state index contributed by atoms with van der Waals surface area (Å²) in [6.45, 7) is -2.37. The van der Waals surface area contributed by atoms with E-state index in [4.69, 9.17) is 18.9 Å². The second-order valence-corrected chi connectivity index (χ2v) is 8.48. The van der Waals surface area contributed by atoms with Gasteiger partial charge in [-0.25, -0.2) is 0 Å². The van der Waals surface area contributed by atoms with E-state index in [0.717, 1.165) is 0 Å². The largest absolute Gasteiger partial charge is 0.394 e. The molecule has 2 fully saturated rings. The number of hydrogen-bond donors (Lipinski definition) is 11. The first kappa shape index (κ1) is 31.0. The van der Waals surface area contributed by atoms with Gasteiger partial charge in [0.05, 0.1) is 19.8 Å². The van der Waals surface area contributed by atoms with Crippen molar-refractivity contribution in [2.75, 3.05) is 19.8 Å². The molecule has 17 heteroatoms. The molecule has 36 heavy (non-hydrogen) atoms. The van der Waals surface area contributed by atoms with Crippen molar-refractivity contribution in [3.05, 3.63) is 0 Å². The third-order valence-electron chi connectivity index (χ3n) is 6.00. The molecule has 2 aliphatic rings. The minimum Gasteiger partial charge on any atom is -0.394 e. The predicted octanol–water partition coefficient (Wildman–Crippen LogP) is -8.16. The van der Waals surface area contributed by atoms with E-state index in [0.29, 0.717) is 0 Å². The first-order chi connectivity index (χ1) is 16.8. The van der Waals surface area contributed by atoms with Gasteiger partial charge in [-0.05, 0) is 0 Å². The Kier molecular flexibility index (Phi) is 11.2. The van der Waals surface area contributed by atoms with Gasteiger partial charge in [0.25, 0.3) is 0 Å². The molecule has 0 unspecified atom stereocenters. The van der Waals surface area contributed by atoms with Gasteiger partial charge in [-0.1, -0.05) is 0 Å². The summed E-state index contributed by atoms with van der Waals surface area (Å²) in [6.07, 6.45) is -24.5. The Morgan fingerprint density at radius 1 is 0.778 bits per heavy atom. The van der Waals surface area contributed by atoms with Crippen LogP contribution in [0.25, 0.3) is 0 Å². The van der Waals surface area contributed by atoms with E-state index in [-0.39, 0.29) is 12.6 Å². The highest BCUT2D eigenvalue weighted by Crippen LogP contribution is 2.26. The zero-order chi connectivity index (χ0) is 27.4. The van der Waals surface area contributed by atoms with E-state index in [1.165, 1.54) is 0 Å². The number of carbonyl (C=O) groups is 2. The van der Waals surface area contributed by atoms with Crippen molar-refractivity contribution >= 4 is 12.6 Å². The van der Waals surface area contributed by atoms with Gasteiger partial charge in [-0.15, -0.1) is 0 Å². The zero-order valence-corrected chi connectivity index (χ0v) is 18.7. The predicted molar refractivity (Wildman–Crippen MR) is 107 cm³/mol. The summed E-state index contributed by atoms with van der Waals surface area (Å²) in [4.78, 5) is 21.7. The molecule has 0 saturated carbocycles. The molecule has 0 aromatic rings. The van der Waals surface area contributed by atoms with Gasteiger partial charge in [0.1, 0.15) is 67.1 Å². The molecule has 14 atom stereocenters. The Labute approximate surface area is 203 Å². The third-order valence-corrected chi connectivity index (χ3v) is 6.00. The van der Waals surface area contributed by atoms with Gasteiger partial charge >= 0.3 is 0 Å². The summed E-state index contributed by atoms with van der Waals surface area (Å²) >= 11 is 0. The topological polar surface area (TPSA) is 294 Å². The highest BCUT2D eigenvalue weighted by molar-refractivity contribution is 5.74. The summed E-state index contributed by atoms with van der Waals surface area (Å²) in [5.41, 5.74) is -3.09. The minimum absolute atomic E-state index is 0.253. The molecule has 2 rings (SSSR count). The van der Waals surface area contributed by atoms with E-state index in [9.17, 15) is 65.8 Å². The molecule has 2 saturated heterocycles. The summed E-state index contributed by atoms with van der Waals surface area (Å²) in [7, 11) is 0. The Balaban J connectivity index is 2.01. The summed E-state index contributed by atoms with van der Waals surface area (Å²) in [5.74, 6) is 0. The van der Waals surface area contributed by atoms with Crippen molar-refractivity contribution < 1.29 is 84.7 Å². The maximum atomic E-state index is 11.1. The van der Waals surface area contributed by atoms with Gasteiger partial charge in [0, 0.05) is 0 Å². The molecule has 210 valence electrons. The highest BCUT2D eigenvalue weighted by atomic mass is 16.7. The number of rotatable bonds is 12. The lowest BCUT2D eigenvalue weighted by Gasteiger charge is -2.43. The Bertz CT molecular complexity index is 709. The van der Waals surface area contributed by atoms with Crippen LogP contribution in [0.3, 0.4) is 0 Å². The summed E-state index contributed by atoms with van der Waals surface area (Å²) < 4.78 is 20.7. The molecular formula is C19H32O17. The van der Waals surface area contributed by atoms with Crippen LogP contribution < -0.4 is 0 Å². The lowest BCUT2D eigenvalue weighted by molar-refractivity contribution is -0.333. The van der Waals surface area contributed by atoms with Crippen molar-refractivity contribution in [2.24, 2.45) is 0 Å². The maximum absolute atomic E-state index is 11.1. The fraction of sp³-hybridized carbons (Fsp3) is 0.895. The molecule has 2 heterocycles. The van der Waals surface area contributed by atoms with Crippen molar-refractivity contribution in [1.29, 1.82) is 0 Å². The molecule has 0 radical (unpaired) electrons. The van der Waals surface area contributed by atoms with Crippen molar-refractivity contribution in [3.8, 4) is 0 Å². The van der Waals surface area contributed by atoms with Gasteiger partial charge in [-0.2, -0.15) is 0 Å². The van der Waals surface area contributed by atoms with Crippen LogP contribution in [0.1, 0.15) is 0 Å². The van der Waals surface area contributed by atoms with Crippen molar-refractivity contribution in [1.82, 2.24) is 0 Å². The maximum Gasteiger partial charge on any atom is 0.186 e. The number of hydrogen-bond acceptors (Lipinski definition) is 17. The van der Waals surface area contributed by atoms with E-state index < -0.39 is 105 Å². The van der Waals surface area contributed by atoms with Crippen LogP contribution in [0.4, 0.5) is 0 Å². The normalized spacial score (nSPS) is 41.6. The van der Waals surface area contributed by atoms with E-state index in [2.05, 4.69) is 0 Å². The van der Waals surface area contributed by atoms with Crippen LogP contribution in [0.15, 0.2) is 0 Å². The standard InChI is InChI=1S/C19H32O17/c20-1-7-10(25)12(27)14(29)18(35-7)34-4-8-11(26)13(28)15(30)17(36-8)33-3-6(23)16(31)19(32,5-22)9(24)2-21/h2,5-18,20,23-32H,1,3-4H2/t6-,7-,8-,9+,10-,11-,12+,13+,14-,15-,16-,17+,18+,19-/m1/s1. The van der Waals surface area contributed by atoms with Crippen molar-refractivity contribution in [3.63, 3.8) is 0 Å². The highest BCUT2D eigenvalue weighted by Gasteiger charge is 2.49. The van der Waals surface area contributed by atoms with Crippen LogP contribution in [0, 0.1) is 0 Å². The van der Waals surface area contributed by atoms with Gasteiger partial charge in [-0.3, -0.25) is 4.79 Å². The van der Waals surface area contributed by atoms with Gasteiger partial charge < -0.3 is 79.9 Å². The number of ether oxygens (including phenoxy) is 4. The minimum atomic E-state index is -3.09. The quantitative estimate of drug-likeness (QED) is 0.104. The first-order valence-corrected chi connectivity index (χ1v) is 10.8. The van der Waals surface area contributed by atoms with Crippen LogP contribution in [0.2, 0.25) is 0 Å². The lowest BCUT2D eigenvalue weighted by atomic mass is 9.89. The molecule has 11 N–H and O–H groups in total. The Morgan fingerprint density at radius 2 is 1.28 bits per heavy atom. The van der Waals surface area contributed by atoms with Crippen LogP contribution >= 0.6 is 0 Å². The van der Waals surface area contributed by atoms with E-state index >= 15 is 0 Å². The molecule has 17 nitrogen and oxygen atoms in total. The lowest BCUT2D eigenvalue weighted by Crippen LogP contribution is -2.62. The van der Waals surface area contributed by atoms with Crippen LogP contribution in [-0.4, -0.2) is 174 Å². The average molecular weight is 532 g/mol. The number of carbonyl (C=O) groups excluding carboxylic acids is 2. The van der Waals surface area contributed by atoms with Gasteiger partial charge in [0.2, 0.25) is 0 Å². The monoisotopic (exact) mass is 532 g/mol. The second-order valence-electron chi connectivity index (χ2n) is 8.48. The van der Waals surface area contributed by atoms with E-state index in [1.54, 1.807) is 0 Å². The number of aldehydes is 2. The second kappa shape index (κ2) is 13.0. The molecule has 0 bridgehead atoms. The molecule has 2 aliphatic heterocycles. The van der Waals surface area contributed by atoms with Crippen molar-refractivity contribution in [2.45, 2.75) is 85.3 Å². The summed E-state index contributed by atoms with van der Waals surface area (Å²) in [5, 5.41) is 109. The molecular weight excluding hydrogens is 500 g/mol. The molecule has 0 spiro atoms. The molecule has 0 aromatic heterocycles. The SMILES string of the molecule is O=C[C@H](O)[C@](O)(C=O)[C@H](O)[C@H](O)CO[C@H]1O[C@H](CO[C@H]2O[C@H](CO)[C@@H](O)[C@H](O)[C@H]2O)[C@@H](O)[C@H](O)[C@H]1O. The molecule has 0 aromatic carbocycles. The third kappa shape index (κ3) is 6.41. The summed E-state index contributed by atoms with van der Waals surface area (Å²) in [6, 6.07) is 0. The van der Waals surface area contributed by atoms with Gasteiger partial charge in [0.15, 0.2) is 30.8 Å². The smallest absolute Gasteiger partial charge is 0.186 e. The fourth-order valence-corrected chi connectivity index (χ4v) is 3.60.